The van der Waals surface area contributed by atoms with E-state index in [1.54, 1.807) is 0 Å². The van der Waals surface area contributed by atoms with Crippen molar-refractivity contribution in [3.05, 3.63) is 0 Å². The molecule has 0 saturated carbocycles. The molecule has 1 aliphatic rings. The van der Waals surface area contributed by atoms with E-state index in [1.807, 2.05) is 0 Å². The van der Waals surface area contributed by atoms with Gasteiger partial charge < -0.3 is 5.11 Å². The van der Waals surface area contributed by atoms with Gasteiger partial charge in [0.25, 0.3) is 0 Å². The maximum absolute atomic E-state index is 10.2. The van der Waals surface area contributed by atoms with Gasteiger partial charge in [-0.25, -0.2) is 0 Å². The Morgan fingerprint density at radius 3 is 2.57 bits per heavy atom. The molecule has 76 valence electrons. The van der Waals surface area contributed by atoms with E-state index in [2.05, 4.69) is 16.1 Å². The molecule has 0 bridgehead atoms. The van der Waals surface area contributed by atoms with Crippen molar-refractivity contribution < 1.29 is 9.90 Å². The molecule has 0 radical (unpaired) electrons. The van der Waals surface area contributed by atoms with E-state index in [4.69, 9.17) is 11.5 Å². The normalized spacial score (nSPS) is 16.2. The predicted molar refractivity (Wildman–Crippen MR) is 51.8 cm³/mol. The molecule has 0 saturated heterocycles. The van der Waals surface area contributed by atoms with Gasteiger partial charge in [-0.3, -0.25) is 4.79 Å². The lowest BCUT2D eigenvalue weighted by atomic mass is 10.0. The largest absolute Gasteiger partial charge is 0.481 e. The van der Waals surface area contributed by atoms with Gasteiger partial charge in [-0.15, -0.1) is 12.3 Å². The Hall–Kier alpha value is -1.37. The highest BCUT2D eigenvalue weighted by molar-refractivity contribution is 5.66. The molecule has 0 aromatic rings. The maximum atomic E-state index is 10.2. The molecule has 0 aliphatic carbocycles. The van der Waals surface area contributed by atoms with Crippen LogP contribution in [-0.2, 0) is 4.79 Å². The quantitative estimate of drug-likeness (QED) is 0.499. The molecule has 0 fully saturated rings. The smallest absolute Gasteiger partial charge is 0.303 e. The Bertz CT molecular complexity index is 272. The van der Waals surface area contributed by atoms with Crippen LogP contribution in [0.4, 0.5) is 0 Å². The predicted octanol–water partition coefficient (Wildman–Crippen LogP) is 2.21. The second kappa shape index (κ2) is 4.75. The Morgan fingerprint density at radius 1 is 1.36 bits per heavy atom. The van der Waals surface area contributed by atoms with Crippen molar-refractivity contribution in [2.75, 3.05) is 0 Å². The lowest BCUT2D eigenvalue weighted by molar-refractivity contribution is -0.137. The standard InChI is InChI=1S/C10H14N2O2/c1-2-3-7-10(11-12-10)8-5-4-6-9(13)14/h1H,3-8H2,(H,13,14). The van der Waals surface area contributed by atoms with Crippen molar-refractivity contribution in [2.45, 2.75) is 44.2 Å². The molecule has 1 aliphatic heterocycles. The first-order chi connectivity index (χ1) is 6.68. The molecule has 0 spiro atoms. The third-order valence-corrected chi connectivity index (χ3v) is 2.27. The summed E-state index contributed by atoms with van der Waals surface area (Å²) in [6, 6.07) is 0. The molecule has 4 nitrogen and oxygen atoms in total. The first-order valence-corrected chi connectivity index (χ1v) is 4.78. The summed E-state index contributed by atoms with van der Waals surface area (Å²) in [7, 11) is 0. The van der Waals surface area contributed by atoms with Crippen LogP contribution in [0.1, 0.15) is 38.5 Å². The molecule has 4 heteroatoms. The minimum absolute atomic E-state index is 0.227. The van der Waals surface area contributed by atoms with E-state index in [0.29, 0.717) is 12.8 Å². The van der Waals surface area contributed by atoms with E-state index >= 15 is 0 Å². The molecule has 0 amide bonds. The SMILES string of the molecule is C#CCCC1(CCCCC(=O)O)N=N1. The van der Waals surface area contributed by atoms with Crippen LogP contribution in [0.25, 0.3) is 0 Å². The number of hydrogen-bond acceptors (Lipinski definition) is 3. The van der Waals surface area contributed by atoms with Crippen molar-refractivity contribution in [3.8, 4) is 12.3 Å². The molecular formula is C10H14N2O2. The Morgan fingerprint density at radius 2 is 2.07 bits per heavy atom. The second-order valence-corrected chi connectivity index (χ2v) is 3.49. The number of nitrogens with zero attached hydrogens (tertiary/aromatic N) is 2. The Kier molecular flexibility index (Phi) is 3.63. The lowest BCUT2D eigenvalue weighted by Gasteiger charge is -2.07. The number of carboxylic acid groups (broad SMARTS) is 1. The second-order valence-electron chi connectivity index (χ2n) is 3.49. The Labute approximate surface area is 83.4 Å². The number of aliphatic carboxylic acids is 1. The highest BCUT2D eigenvalue weighted by atomic mass is 16.4. The third-order valence-electron chi connectivity index (χ3n) is 2.27. The van der Waals surface area contributed by atoms with Gasteiger partial charge in [0.15, 0.2) is 5.66 Å². The van der Waals surface area contributed by atoms with Gasteiger partial charge in [0.05, 0.1) is 0 Å². The van der Waals surface area contributed by atoms with E-state index in [1.165, 1.54) is 0 Å². The van der Waals surface area contributed by atoms with Crippen molar-refractivity contribution in [1.29, 1.82) is 0 Å². The summed E-state index contributed by atoms with van der Waals surface area (Å²) < 4.78 is 0. The first-order valence-electron chi connectivity index (χ1n) is 4.78. The number of terminal acetylenes is 1. The van der Waals surface area contributed by atoms with E-state index < -0.39 is 5.97 Å². The molecular weight excluding hydrogens is 180 g/mol. The van der Waals surface area contributed by atoms with E-state index in [9.17, 15) is 4.79 Å². The molecule has 0 atom stereocenters. The van der Waals surface area contributed by atoms with Crippen molar-refractivity contribution in [1.82, 2.24) is 0 Å². The highest BCUT2D eigenvalue weighted by Gasteiger charge is 2.38. The summed E-state index contributed by atoms with van der Waals surface area (Å²) in [6.45, 7) is 0. The minimum atomic E-state index is -0.743. The minimum Gasteiger partial charge on any atom is -0.481 e. The summed E-state index contributed by atoms with van der Waals surface area (Å²) >= 11 is 0. The van der Waals surface area contributed by atoms with Gasteiger partial charge in [0, 0.05) is 19.3 Å². The summed E-state index contributed by atoms with van der Waals surface area (Å²) in [5.41, 5.74) is -0.245. The average molecular weight is 194 g/mol. The van der Waals surface area contributed by atoms with Crippen molar-refractivity contribution in [3.63, 3.8) is 0 Å². The topological polar surface area (TPSA) is 62.0 Å². The molecule has 0 unspecified atom stereocenters. The fourth-order valence-electron chi connectivity index (χ4n) is 1.35. The fourth-order valence-corrected chi connectivity index (χ4v) is 1.35. The van der Waals surface area contributed by atoms with Gasteiger partial charge in [-0.2, -0.15) is 10.2 Å². The highest BCUT2D eigenvalue weighted by Crippen LogP contribution is 2.37. The van der Waals surface area contributed by atoms with Gasteiger partial charge in [0.2, 0.25) is 0 Å². The van der Waals surface area contributed by atoms with Gasteiger partial charge in [-0.1, -0.05) is 0 Å². The van der Waals surface area contributed by atoms with E-state index in [0.717, 1.165) is 19.3 Å². The Balaban J connectivity index is 2.06. The van der Waals surface area contributed by atoms with Crippen LogP contribution in [0.3, 0.4) is 0 Å². The molecule has 14 heavy (non-hydrogen) atoms. The summed E-state index contributed by atoms with van der Waals surface area (Å²) in [6.07, 6.45) is 9.24. The zero-order valence-corrected chi connectivity index (χ0v) is 8.07. The zero-order chi connectivity index (χ0) is 10.4. The van der Waals surface area contributed by atoms with Crippen LogP contribution in [0, 0.1) is 12.3 Å². The molecule has 1 N–H and O–H groups in total. The third kappa shape index (κ3) is 3.56. The van der Waals surface area contributed by atoms with Gasteiger partial charge in [-0.05, 0) is 19.3 Å². The van der Waals surface area contributed by atoms with E-state index in [-0.39, 0.29) is 12.1 Å². The summed E-state index contributed by atoms with van der Waals surface area (Å²) in [4.78, 5) is 10.2. The van der Waals surface area contributed by atoms with Crippen LogP contribution in [0.2, 0.25) is 0 Å². The van der Waals surface area contributed by atoms with Gasteiger partial charge >= 0.3 is 5.97 Å². The number of hydrogen-bond donors (Lipinski definition) is 1. The monoisotopic (exact) mass is 194 g/mol. The van der Waals surface area contributed by atoms with Crippen molar-refractivity contribution in [2.24, 2.45) is 10.2 Å². The fraction of sp³-hybridized carbons (Fsp3) is 0.700. The molecule has 1 heterocycles. The number of unbranched alkanes of at least 4 members (excludes halogenated alkanes) is 1. The van der Waals surface area contributed by atoms with Crippen LogP contribution in [0.5, 0.6) is 0 Å². The van der Waals surface area contributed by atoms with Crippen LogP contribution < -0.4 is 0 Å². The molecule has 1 rings (SSSR count). The molecule has 0 aromatic heterocycles. The number of carboxylic acids is 1. The summed E-state index contributed by atoms with van der Waals surface area (Å²) in [5, 5.41) is 16.4. The lowest BCUT2D eigenvalue weighted by Crippen LogP contribution is -2.10. The van der Waals surface area contributed by atoms with Gasteiger partial charge in [0.1, 0.15) is 0 Å². The van der Waals surface area contributed by atoms with Crippen molar-refractivity contribution >= 4 is 5.97 Å². The maximum Gasteiger partial charge on any atom is 0.303 e. The van der Waals surface area contributed by atoms with Crippen LogP contribution in [-0.4, -0.2) is 16.7 Å². The zero-order valence-electron chi connectivity index (χ0n) is 8.07. The number of carbonyl (C=O) groups is 1. The summed E-state index contributed by atoms with van der Waals surface area (Å²) in [5.74, 6) is 1.82. The van der Waals surface area contributed by atoms with Crippen LogP contribution >= 0.6 is 0 Å². The molecule has 0 aromatic carbocycles. The van der Waals surface area contributed by atoms with Crippen LogP contribution in [0.15, 0.2) is 10.2 Å². The average Bonchev–Trinajstić information content (AvgIpc) is 2.90. The first kappa shape index (κ1) is 10.7. The number of rotatable bonds is 7.